The monoisotopic (exact) mass is 1170 g/mol. The number of hydrogen-bond donors (Lipinski definition) is 5. The van der Waals surface area contributed by atoms with Crippen LogP contribution in [0.15, 0.2) is 58.1 Å². The number of amides is 3. The van der Waals surface area contributed by atoms with E-state index in [1.54, 1.807) is 14.7 Å². The molecule has 0 radical (unpaired) electrons. The minimum absolute atomic E-state index is 0.0109. The molecule has 0 saturated carbocycles. The fraction of sp³-hybridized carbons (Fsp3) is 0.536. The fourth-order valence-corrected chi connectivity index (χ4v) is 12.1. The summed E-state index contributed by atoms with van der Waals surface area (Å²) in [5.41, 5.74) is 0.195. The van der Waals surface area contributed by atoms with E-state index < -0.39 is 16.6 Å². The first kappa shape index (κ1) is 60.2. The van der Waals surface area contributed by atoms with Crippen LogP contribution >= 0.6 is 34.3 Å². The number of anilines is 2. The summed E-state index contributed by atoms with van der Waals surface area (Å²) in [6.45, 7) is 16.2. The number of benzene rings is 2. The molecule has 8 heterocycles. The van der Waals surface area contributed by atoms with Crippen molar-refractivity contribution in [1.82, 2.24) is 49.9 Å². The van der Waals surface area contributed by atoms with Gasteiger partial charge >= 0.3 is 23.7 Å². The number of halogens is 1. The SMILES string of the molecule is CC(C)(C)OC(=O)N1CCC[C@@H](Nc2nc(C3CCNCC3)[nH]c(=O)c2-c2nc3ccccc3s2)C1.COC(=O)Cl.COC(=O)N1CCC(c2nc(N[C@@H]3CCCN(C(=O)OC(C)(C)C)C3)c(-c3nc4ccccc4s3)c(=O)[nH]2)CC1. The van der Waals surface area contributed by atoms with E-state index in [0.29, 0.717) is 96.5 Å². The van der Waals surface area contributed by atoms with Crippen LogP contribution in [-0.2, 0) is 18.9 Å². The van der Waals surface area contributed by atoms with Crippen molar-refractivity contribution in [1.29, 1.82) is 0 Å². The molecule has 6 aromatic rings. The Hall–Kier alpha value is -6.89. The first-order valence-corrected chi connectivity index (χ1v) is 29.4. The number of piperidine rings is 4. The topological polar surface area (TPSA) is 268 Å². The Kier molecular flexibility index (Phi) is 19.9. The minimum Gasteiger partial charge on any atom is -0.457 e. The zero-order valence-electron chi connectivity index (χ0n) is 47.1. The molecule has 4 saturated heterocycles. The molecule has 3 amide bonds. The third-order valence-corrected chi connectivity index (χ3v) is 16.2. The number of nitrogens with zero attached hydrogens (tertiary/aromatic N) is 7. The van der Waals surface area contributed by atoms with E-state index >= 15 is 0 Å². The molecule has 0 bridgehead atoms. The molecule has 2 aromatic carbocycles. The van der Waals surface area contributed by atoms with E-state index in [2.05, 4.69) is 42.3 Å². The molecule has 25 heteroatoms. The van der Waals surface area contributed by atoms with Gasteiger partial charge in [0.05, 0.1) is 34.7 Å². The molecule has 436 valence electrons. The van der Waals surface area contributed by atoms with Crippen molar-refractivity contribution in [3.63, 3.8) is 0 Å². The van der Waals surface area contributed by atoms with Gasteiger partial charge in [-0.15, -0.1) is 22.7 Å². The molecule has 4 fully saturated rings. The first-order valence-electron chi connectivity index (χ1n) is 27.4. The van der Waals surface area contributed by atoms with Gasteiger partial charge in [-0.2, -0.15) is 0 Å². The number of ether oxygens (including phenoxy) is 4. The second-order valence-electron chi connectivity index (χ2n) is 22.3. The number of thiazole rings is 2. The molecule has 4 aliphatic rings. The zero-order chi connectivity index (χ0) is 58.0. The Morgan fingerprint density at radius 2 is 1.00 bits per heavy atom. The molecule has 81 heavy (non-hydrogen) atoms. The summed E-state index contributed by atoms with van der Waals surface area (Å²) in [5, 5.41) is 11.6. The number of H-pyrrole nitrogens is 2. The molecule has 4 aliphatic heterocycles. The number of nitrogens with one attached hydrogen (secondary N) is 5. The van der Waals surface area contributed by atoms with Crippen LogP contribution < -0.4 is 27.1 Å². The van der Waals surface area contributed by atoms with Crippen LogP contribution in [0.3, 0.4) is 0 Å². The highest BCUT2D eigenvalue weighted by molar-refractivity contribution is 7.22. The Bertz CT molecular complexity index is 3220. The summed E-state index contributed by atoms with van der Waals surface area (Å²) in [6.07, 6.45) is 5.51. The molecule has 0 unspecified atom stereocenters. The van der Waals surface area contributed by atoms with Crippen molar-refractivity contribution in [2.24, 2.45) is 0 Å². The van der Waals surface area contributed by atoms with Crippen molar-refractivity contribution in [3.8, 4) is 21.1 Å². The maximum atomic E-state index is 13.6. The van der Waals surface area contributed by atoms with Crippen LogP contribution in [0.1, 0.15) is 116 Å². The van der Waals surface area contributed by atoms with Gasteiger partial charge in [-0.3, -0.25) is 9.59 Å². The third kappa shape index (κ3) is 16.2. The van der Waals surface area contributed by atoms with Crippen molar-refractivity contribution in [3.05, 3.63) is 80.9 Å². The second-order valence-corrected chi connectivity index (χ2v) is 24.7. The highest BCUT2D eigenvalue weighted by Gasteiger charge is 2.33. The highest BCUT2D eigenvalue weighted by atomic mass is 35.5. The molecular formula is C56H73ClN12O10S2. The predicted octanol–water partition coefficient (Wildman–Crippen LogP) is 10.1. The predicted molar refractivity (Wildman–Crippen MR) is 315 cm³/mol. The number of carbonyl (C=O) groups excluding carboxylic acids is 4. The number of rotatable bonds is 8. The molecule has 0 spiro atoms. The lowest BCUT2D eigenvalue weighted by molar-refractivity contribution is 0.0196. The average Bonchev–Trinajstić information content (AvgIpc) is 4.31. The van der Waals surface area contributed by atoms with Gasteiger partial charge < -0.3 is 59.6 Å². The standard InChI is InChI=1S/C28H36N6O5S.C26H34N6O3S.C2H3ClO2/c1-28(2,3)39-27(37)34-13-7-8-18(16-34)29-23-21(25-30-19-9-5-6-10-20(19)40-25)24(35)32-22(31-23)17-11-14-33(15-12-17)26(36)38-4;1-26(2,3)35-25(34)32-14-6-7-17(15-32)28-22-20(24-29-18-8-4-5-9-19(18)36-24)23(33)31-21(30-22)16-10-12-27-13-11-16;1-5-2(3)4/h5-6,9-10,17-18H,7-8,11-16H2,1-4H3,(H2,29,31,32,35);4-5,8-9,16-17,27H,6-7,10-15H2,1-3H3,(H2,28,30,31,33);1H3/t18-;17-;/m11./s1. The molecule has 10 rings (SSSR count). The van der Waals surface area contributed by atoms with Gasteiger partial charge in [0.25, 0.3) is 11.1 Å². The van der Waals surface area contributed by atoms with E-state index in [-0.39, 0.29) is 53.3 Å². The summed E-state index contributed by atoms with van der Waals surface area (Å²) in [6, 6.07) is 15.5. The van der Waals surface area contributed by atoms with Gasteiger partial charge in [0.1, 0.15) is 55.6 Å². The molecule has 4 aromatic heterocycles. The van der Waals surface area contributed by atoms with Gasteiger partial charge in [-0.1, -0.05) is 24.3 Å². The molecule has 5 N–H and O–H groups in total. The van der Waals surface area contributed by atoms with Crippen LogP contribution in [0.2, 0.25) is 0 Å². The summed E-state index contributed by atoms with van der Waals surface area (Å²) in [4.78, 5) is 104. The van der Waals surface area contributed by atoms with Crippen molar-refractivity contribution < 1.29 is 38.1 Å². The minimum atomic E-state index is -0.773. The third-order valence-electron chi connectivity index (χ3n) is 13.9. The summed E-state index contributed by atoms with van der Waals surface area (Å²) in [5.74, 6) is 2.50. The van der Waals surface area contributed by atoms with E-state index in [4.69, 9.17) is 34.1 Å². The maximum absolute atomic E-state index is 13.6. The van der Waals surface area contributed by atoms with Crippen LogP contribution in [0.25, 0.3) is 41.6 Å². The van der Waals surface area contributed by atoms with Gasteiger partial charge in [0.15, 0.2) is 0 Å². The van der Waals surface area contributed by atoms with E-state index in [1.807, 2.05) is 90.1 Å². The summed E-state index contributed by atoms with van der Waals surface area (Å²) in [7, 11) is 2.59. The smallest absolute Gasteiger partial charge is 0.410 e. The van der Waals surface area contributed by atoms with Crippen LogP contribution in [0.4, 0.5) is 30.8 Å². The number of carbonyl (C=O) groups is 4. The number of fused-ring (bicyclic) bond motifs is 2. The molecule has 22 nitrogen and oxygen atoms in total. The lowest BCUT2D eigenvalue weighted by Crippen LogP contribution is -2.47. The summed E-state index contributed by atoms with van der Waals surface area (Å²) >= 11 is 7.54. The Morgan fingerprint density at radius 1 is 0.580 bits per heavy atom. The Labute approximate surface area is 483 Å². The maximum Gasteiger partial charge on any atom is 0.410 e. The van der Waals surface area contributed by atoms with Crippen LogP contribution in [0, 0.1) is 0 Å². The Balaban J connectivity index is 0.000000197. The van der Waals surface area contributed by atoms with Crippen molar-refractivity contribution in [2.75, 3.05) is 77.2 Å². The molecule has 0 aliphatic carbocycles. The number of aromatic nitrogens is 6. The first-order chi connectivity index (χ1) is 38.6. The van der Waals surface area contributed by atoms with Crippen LogP contribution in [0.5, 0.6) is 0 Å². The zero-order valence-corrected chi connectivity index (χ0v) is 49.5. The van der Waals surface area contributed by atoms with Gasteiger partial charge in [0.2, 0.25) is 0 Å². The number of likely N-dealkylation sites (tertiary alicyclic amines) is 3. The number of para-hydroxylation sites is 2. The van der Waals surface area contributed by atoms with E-state index in [1.165, 1.54) is 36.9 Å². The Morgan fingerprint density at radius 3 is 1.40 bits per heavy atom. The van der Waals surface area contributed by atoms with Gasteiger partial charge in [-0.25, -0.2) is 39.1 Å². The average molecular weight is 1170 g/mol. The normalized spacial score (nSPS) is 18.2. The number of methoxy groups -OCH3 is 2. The van der Waals surface area contributed by atoms with Gasteiger partial charge in [0, 0.05) is 74.8 Å². The lowest BCUT2D eigenvalue weighted by atomic mass is 9.96. The molecular weight excluding hydrogens is 1100 g/mol. The molecule has 2 atom stereocenters. The van der Waals surface area contributed by atoms with Crippen molar-refractivity contribution in [2.45, 2.75) is 128 Å². The highest BCUT2D eigenvalue weighted by Crippen LogP contribution is 2.36. The van der Waals surface area contributed by atoms with Crippen LogP contribution in [-0.4, -0.2) is 158 Å². The van der Waals surface area contributed by atoms with E-state index in [9.17, 15) is 28.8 Å². The number of aromatic amines is 2. The van der Waals surface area contributed by atoms with E-state index in [0.717, 1.165) is 72.0 Å². The number of hydrogen-bond acceptors (Lipinski definition) is 19. The second kappa shape index (κ2) is 26.8. The fourth-order valence-electron chi connectivity index (χ4n) is 10.1. The van der Waals surface area contributed by atoms with Crippen molar-refractivity contribution >= 4 is 90.1 Å². The van der Waals surface area contributed by atoms with Gasteiger partial charge in [-0.05, 0) is 130 Å². The lowest BCUT2D eigenvalue weighted by Gasteiger charge is -2.35. The summed E-state index contributed by atoms with van der Waals surface area (Å²) < 4.78 is 21.9. The largest absolute Gasteiger partial charge is 0.457 e. The quantitative estimate of drug-likeness (QED) is 0.0700.